The zero-order valence-corrected chi connectivity index (χ0v) is 14.6. The minimum atomic E-state index is -0.339. The summed E-state index contributed by atoms with van der Waals surface area (Å²) in [6.45, 7) is 1.96. The van der Waals surface area contributed by atoms with E-state index in [1.54, 1.807) is 12.1 Å². The molecule has 1 aliphatic heterocycles. The largest absolute Gasteiger partial charge is 0.484 e. The van der Waals surface area contributed by atoms with Crippen LogP contribution < -0.4 is 20.3 Å². The summed E-state index contributed by atoms with van der Waals surface area (Å²) in [7, 11) is 0. The molecule has 26 heavy (non-hydrogen) atoms. The van der Waals surface area contributed by atoms with Gasteiger partial charge in [-0.15, -0.1) is 0 Å². The van der Waals surface area contributed by atoms with Crippen molar-refractivity contribution in [1.82, 2.24) is 5.32 Å². The number of hydrogen-bond donors (Lipinski definition) is 2. The van der Waals surface area contributed by atoms with Crippen LogP contribution in [0.2, 0.25) is 0 Å². The van der Waals surface area contributed by atoms with Crippen molar-refractivity contribution in [3.63, 3.8) is 0 Å². The maximum Gasteiger partial charge on any atom is 0.258 e. The van der Waals surface area contributed by atoms with Gasteiger partial charge in [0.2, 0.25) is 5.91 Å². The zero-order chi connectivity index (χ0) is 18.2. The first kappa shape index (κ1) is 17.8. The second-order valence-corrected chi connectivity index (χ2v) is 6.17. The normalized spacial score (nSPS) is 13.3. The van der Waals surface area contributed by atoms with E-state index in [9.17, 15) is 9.59 Å². The number of amides is 2. The first-order valence-corrected chi connectivity index (χ1v) is 8.80. The molecule has 1 saturated heterocycles. The van der Waals surface area contributed by atoms with Gasteiger partial charge in [0.15, 0.2) is 6.61 Å². The predicted molar refractivity (Wildman–Crippen MR) is 101 cm³/mol. The molecule has 0 saturated carbocycles. The van der Waals surface area contributed by atoms with Gasteiger partial charge >= 0.3 is 0 Å². The number of nitrogens with zero attached hydrogens (tertiary/aromatic N) is 1. The van der Waals surface area contributed by atoms with Crippen LogP contribution in [0.5, 0.6) is 5.75 Å². The lowest BCUT2D eigenvalue weighted by Gasteiger charge is -2.17. The van der Waals surface area contributed by atoms with Gasteiger partial charge in [-0.1, -0.05) is 18.2 Å². The number of carbonyl (C=O) groups is 2. The van der Waals surface area contributed by atoms with Gasteiger partial charge in [0.25, 0.3) is 5.91 Å². The molecule has 1 heterocycles. The minimum absolute atomic E-state index is 0.0924. The van der Waals surface area contributed by atoms with Crippen molar-refractivity contribution in [3.8, 4) is 5.75 Å². The van der Waals surface area contributed by atoms with Crippen molar-refractivity contribution in [3.05, 3.63) is 54.6 Å². The molecule has 2 N–H and O–H groups in total. The summed E-state index contributed by atoms with van der Waals surface area (Å²) >= 11 is 0. The fraction of sp³-hybridized carbons (Fsp3) is 0.300. The number of para-hydroxylation sites is 1. The minimum Gasteiger partial charge on any atom is -0.484 e. The van der Waals surface area contributed by atoms with E-state index in [1.165, 1.54) is 18.5 Å². The molecule has 1 aliphatic rings. The molecule has 6 nitrogen and oxygen atoms in total. The van der Waals surface area contributed by atoms with E-state index in [0.717, 1.165) is 13.1 Å². The van der Waals surface area contributed by atoms with Gasteiger partial charge < -0.3 is 20.3 Å². The van der Waals surface area contributed by atoms with Crippen LogP contribution in [0.1, 0.15) is 12.8 Å². The fourth-order valence-electron chi connectivity index (χ4n) is 2.83. The number of ether oxygens (including phenoxy) is 1. The van der Waals surface area contributed by atoms with Crippen molar-refractivity contribution >= 4 is 23.2 Å². The highest BCUT2D eigenvalue weighted by Crippen LogP contribution is 2.21. The van der Waals surface area contributed by atoms with E-state index in [1.807, 2.05) is 42.5 Å². The molecule has 2 amide bonds. The number of rotatable bonds is 7. The Balaban J connectivity index is 1.38. The Bertz CT molecular complexity index is 726. The molecule has 2 aromatic carbocycles. The fourth-order valence-corrected chi connectivity index (χ4v) is 2.83. The van der Waals surface area contributed by atoms with E-state index in [4.69, 9.17) is 4.74 Å². The SMILES string of the molecule is O=C(COc1ccccc1)NCC(=O)Nc1ccc(N2CCCC2)cc1. The second-order valence-electron chi connectivity index (χ2n) is 6.17. The lowest BCUT2D eigenvalue weighted by Crippen LogP contribution is -2.35. The quantitative estimate of drug-likeness (QED) is 0.802. The Labute approximate surface area is 153 Å². The Kier molecular flexibility index (Phi) is 6.09. The standard InChI is InChI=1S/C20H23N3O3/c24-19(14-21-20(25)15-26-18-6-2-1-3-7-18)22-16-8-10-17(11-9-16)23-12-4-5-13-23/h1-3,6-11H,4-5,12-15H2,(H,21,25)(H,22,24). The van der Waals surface area contributed by atoms with Gasteiger partial charge in [-0.25, -0.2) is 0 Å². The highest BCUT2D eigenvalue weighted by Gasteiger charge is 2.12. The van der Waals surface area contributed by atoms with Crippen LogP contribution in [0.4, 0.5) is 11.4 Å². The zero-order valence-electron chi connectivity index (χ0n) is 14.6. The van der Waals surface area contributed by atoms with Crippen LogP contribution in [0.15, 0.2) is 54.6 Å². The van der Waals surface area contributed by atoms with Crippen LogP contribution >= 0.6 is 0 Å². The van der Waals surface area contributed by atoms with Crippen LogP contribution in [0, 0.1) is 0 Å². The molecule has 3 rings (SSSR count). The number of carbonyl (C=O) groups excluding carboxylic acids is 2. The molecule has 6 heteroatoms. The smallest absolute Gasteiger partial charge is 0.258 e. The molecule has 136 valence electrons. The van der Waals surface area contributed by atoms with Gasteiger partial charge in [0.05, 0.1) is 6.54 Å². The Morgan fingerprint density at radius 1 is 0.923 bits per heavy atom. The molecular formula is C20H23N3O3. The molecule has 0 radical (unpaired) electrons. The van der Waals surface area contributed by atoms with Crippen molar-refractivity contribution in [2.45, 2.75) is 12.8 Å². The molecular weight excluding hydrogens is 330 g/mol. The third-order valence-corrected chi connectivity index (χ3v) is 4.18. The van der Waals surface area contributed by atoms with Crippen molar-refractivity contribution < 1.29 is 14.3 Å². The van der Waals surface area contributed by atoms with Crippen LogP contribution in [0.3, 0.4) is 0 Å². The van der Waals surface area contributed by atoms with Gasteiger partial charge in [0.1, 0.15) is 5.75 Å². The summed E-state index contributed by atoms with van der Waals surface area (Å²) in [5.41, 5.74) is 1.89. The number of nitrogens with one attached hydrogen (secondary N) is 2. The maximum absolute atomic E-state index is 12.0. The highest BCUT2D eigenvalue weighted by molar-refractivity contribution is 5.94. The average Bonchev–Trinajstić information content (AvgIpc) is 3.21. The summed E-state index contributed by atoms with van der Waals surface area (Å²) in [6, 6.07) is 16.8. The van der Waals surface area contributed by atoms with Crippen LogP contribution in [-0.2, 0) is 9.59 Å². The number of hydrogen-bond acceptors (Lipinski definition) is 4. The predicted octanol–water partition coefficient (Wildman–Crippen LogP) is 2.42. The number of anilines is 2. The molecule has 1 fully saturated rings. The molecule has 0 bridgehead atoms. The Morgan fingerprint density at radius 3 is 2.31 bits per heavy atom. The topological polar surface area (TPSA) is 70.7 Å². The Hall–Kier alpha value is -3.02. The first-order valence-electron chi connectivity index (χ1n) is 8.80. The molecule has 0 aliphatic carbocycles. The summed E-state index contributed by atoms with van der Waals surface area (Å²) in [5.74, 6) is 0.00515. The van der Waals surface area contributed by atoms with Gasteiger partial charge in [-0.05, 0) is 49.2 Å². The monoisotopic (exact) mass is 353 g/mol. The molecule has 2 aromatic rings. The number of benzene rings is 2. The summed E-state index contributed by atoms with van der Waals surface area (Å²) < 4.78 is 5.33. The molecule has 0 unspecified atom stereocenters. The maximum atomic E-state index is 12.0. The van der Waals surface area contributed by atoms with E-state index in [0.29, 0.717) is 11.4 Å². The van der Waals surface area contributed by atoms with Crippen LogP contribution in [0.25, 0.3) is 0 Å². The van der Waals surface area contributed by atoms with Crippen molar-refractivity contribution in [1.29, 1.82) is 0 Å². The molecule has 0 spiro atoms. The highest BCUT2D eigenvalue weighted by atomic mass is 16.5. The van der Waals surface area contributed by atoms with Gasteiger partial charge in [-0.2, -0.15) is 0 Å². The van der Waals surface area contributed by atoms with E-state index in [2.05, 4.69) is 15.5 Å². The lowest BCUT2D eigenvalue weighted by molar-refractivity contribution is -0.125. The van der Waals surface area contributed by atoms with Crippen molar-refractivity contribution in [2.24, 2.45) is 0 Å². The summed E-state index contributed by atoms with van der Waals surface area (Å²) in [5, 5.41) is 5.32. The van der Waals surface area contributed by atoms with Crippen molar-refractivity contribution in [2.75, 3.05) is 36.5 Å². The van der Waals surface area contributed by atoms with Gasteiger partial charge in [0, 0.05) is 24.5 Å². The summed E-state index contributed by atoms with van der Waals surface area (Å²) in [6.07, 6.45) is 2.46. The third kappa shape index (κ3) is 5.24. The first-order chi connectivity index (χ1) is 12.7. The van der Waals surface area contributed by atoms with Crippen LogP contribution in [-0.4, -0.2) is 38.1 Å². The van der Waals surface area contributed by atoms with E-state index >= 15 is 0 Å². The summed E-state index contributed by atoms with van der Waals surface area (Å²) in [4.78, 5) is 26.0. The molecule has 0 aromatic heterocycles. The lowest BCUT2D eigenvalue weighted by atomic mass is 10.2. The third-order valence-electron chi connectivity index (χ3n) is 4.18. The molecule has 0 atom stereocenters. The second kappa shape index (κ2) is 8.89. The van der Waals surface area contributed by atoms with E-state index in [-0.39, 0.29) is 25.0 Å². The average molecular weight is 353 g/mol. The van der Waals surface area contributed by atoms with E-state index < -0.39 is 0 Å². The van der Waals surface area contributed by atoms with Gasteiger partial charge in [-0.3, -0.25) is 9.59 Å². The Morgan fingerprint density at radius 2 is 1.62 bits per heavy atom.